The molecule has 0 spiro atoms. The summed E-state index contributed by atoms with van der Waals surface area (Å²) in [5, 5.41) is -0.265. The number of carbonyl (C=O) groups is 1. The Morgan fingerprint density at radius 1 is 1.11 bits per heavy atom. The third-order valence-corrected chi connectivity index (χ3v) is 8.29. The van der Waals surface area contributed by atoms with E-state index in [2.05, 4.69) is 21.9 Å². The van der Waals surface area contributed by atoms with Gasteiger partial charge in [-0.15, -0.1) is 0 Å². The molecule has 1 aliphatic rings. The topological polar surface area (TPSA) is 133 Å². The Bertz CT molecular complexity index is 1580. The fraction of sp³-hybridized carbons (Fsp3) is 0.259. The van der Waals surface area contributed by atoms with Crippen molar-refractivity contribution in [2.75, 3.05) is 11.4 Å². The maximum Gasteiger partial charge on any atom is 0.253 e. The molecule has 1 aromatic carbocycles. The predicted molar refractivity (Wildman–Crippen MR) is 141 cm³/mol. The number of sulfone groups is 1. The zero-order chi connectivity index (χ0) is 27.1. The molecule has 196 valence electrons. The first-order chi connectivity index (χ1) is 18.1. The van der Waals surface area contributed by atoms with E-state index in [0.717, 1.165) is 12.1 Å². The van der Waals surface area contributed by atoms with E-state index in [1.807, 2.05) is 41.6 Å². The lowest BCUT2D eigenvalue weighted by Crippen LogP contribution is -2.40. The predicted octanol–water partition coefficient (Wildman–Crippen LogP) is 4.01. The van der Waals surface area contributed by atoms with Crippen LogP contribution in [0.3, 0.4) is 0 Å². The maximum atomic E-state index is 13.8. The summed E-state index contributed by atoms with van der Waals surface area (Å²) in [6.45, 7) is 6.81. The van der Waals surface area contributed by atoms with Gasteiger partial charge >= 0.3 is 0 Å². The zero-order valence-corrected chi connectivity index (χ0v) is 22.1. The molecule has 2 N–H and O–H groups in total. The summed E-state index contributed by atoms with van der Waals surface area (Å²) in [4.78, 5) is 27.0. The summed E-state index contributed by atoms with van der Waals surface area (Å²) >= 11 is 0. The number of nitrogens with two attached hydrogens (primary N) is 1. The van der Waals surface area contributed by atoms with Crippen LogP contribution in [0, 0.1) is 5.92 Å². The van der Waals surface area contributed by atoms with Gasteiger partial charge in [0.05, 0.1) is 11.2 Å². The number of rotatable bonds is 7. The van der Waals surface area contributed by atoms with Crippen molar-refractivity contribution in [3.8, 4) is 17.3 Å². The number of aromatic nitrogens is 4. The second-order valence-corrected chi connectivity index (χ2v) is 11.9. The van der Waals surface area contributed by atoms with E-state index >= 15 is 0 Å². The van der Waals surface area contributed by atoms with Gasteiger partial charge in [-0.1, -0.05) is 13.0 Å². The number of anilines is 1. The number of ether oxygens (including phenoxy) is 1. The van der Waals surface area contributed by atoms with Gasteiger partial charge in [-0.2, -0.15) is 0 Å². The number of benzene rings is 1. The normalized spacial score (nSPS) is 16.9. The van der Waals surface area contributed by atoms with E-state index in [9.17, 15) is 13.2 Å². The molecule has 0 saturated carbocycles. The van der Waals surface area contributed by atoms with E-state index in [0.29, 0.717) is 18.2 Å². The summed E-state index contributed by atoms with van der Waals surface area (Å²) < 4.78 is 35.2. The Balaban J connectivity index is 1.48. The highest BCUT2D eigenvalue weighted by atomic mass is 32.2. The van der Waals surface area contributed by atoms with E-state index in [-0.39, 0.29) is 32.7 Å². The fourth-order valence-corrected chi connectivity index (χ4v) is 6.38. The van der Waals surface area contributed by atoms with E-state index in [1.54, 1.807) is 30.7 Å². The number of amides is 1. The first-order valence-corrected chi connectivity index (χ1v) is 13.6. The Labute approximate surface area is 221 Å². The third kappa shape index (κ3) is 4.72. The molecule has 0 aliphatic carbocycles. The average molecular weight is 533 g/mol. The number of primary amides is 1. The quantitative estimate of drug-likeness (QED) is 0.377. The largest absolute Gasteiger partial charge is 0.439 e. The van der Waals surface area contributed by atoms with Gasteiger partial charge in [0.15, 0.2) is 5.03 Å². The van der Waals surface area contributed by atoms with Crippen LogP contribution >= 0.6 is 0 Å². The second-order valence-electron chi connectivity index (χ2n) is 9.99. The minimum atomic E-state index is -4.24. The van der Waals surface area contributed by atoms with Crippen molar-refractivity contribution in [2.24, 2.45) is 11.7 Å². The third-order valence-electron chi connectivity index (χ3n) is 6.59. The number of pyridine rings is 2. The van der Waals surface area contributed by atoms with Crippen molar-refractivity contribution in [1.82, 2.24) is 19.5 Å². The van der Waals surface area contributed by atoms with Crippen LogP contribution in [-0.2, 0) is 9.84 Å². The lowest BCUT2D eigenvalue weighted by molar-refractivity contribution is 0.0997. The van der Waals surface area contributed by atoms with Crippen LogP contribution in [0.25, 0.3) is 5.69 Å². The molecular formula is C27H28N6O4S. The summed E-state index contributed by atoms with van der Waals surface area (Å²) in [6.07, 6.45) is 7.44. The Morgan fingerprint density at radius 3 is 2.50 bits per heavy atom. The first-order valence-electron chi connectivity index (χ1n) is 12.1. The number of imidazole rings is 1. The molecule has 4 aromatic rings. The standard InChI is InChI=1S/C27H28N6O4S/c1-18-15-27(2,3)33(16-18)26-24(25(28)34)21(11-12-30-26)38(35,36)23-6-4-5-22(31-23)37-20-9-7-19(8-10-20)32-14-13-29-17-32/h4-14,17-18H,15-16H2,1-3H3,(H2,28,34). The summed E-state index contributed by atoms with van der Waals surface area (Å²) in [6, 6.07) is 12.9. The molecule has 1 fully saturated rings. The van der Waals surface area contributed by atoms with Gasteiger partial charge in [0.2, 0.25) is 15.7 Å². The van der Waals surface area contributed by atoms with E-state index < -0.39 is 15.7 Å². The average Bonchev–Trinajstić information content (AvgIpc) is 3.51. The van der Waals surface area contributed by atoms with Gasteiger partial charge in [0, 0.05) is 42.4 Å². The van der Waals surface area contributed by atoms with Crippen molar-refractivity contribution < 1.29 is 17.9 Å². The number of hydrogen-bond acceptors (Lipinski definition) is 8. The SMILES string of the molecule is CC1CN(c2nccc(S(=O)(=O)c3cccc(Oc4ccc(-n5ccnc5)cc4)n3)c2C(N)=O)C(C)(C)C1. The minimum absolute atomic E-state index is 0.0888. The number of carbonyl (C=O) groups excluding carboxylic acids is 1. The summed E-state index contributed by atoms with van der Waals surface area (Å²) in [5.41, 5.74) is 6.17. The molecule has 1 unspecified atom stereocenters. The van der Waals surface area contributed by atoms with Gasteiger partial charge < -0.3 is 19.9 Å². The highest BCUT2D eigenvalue weighted by molar-refractivity contribution is 7.91. The molecular weight excluding hydrogens is 504 g/mol. The van der Waals surface area contributed by atoms with Crippen molar-refractivity contribution in [1.29, 1.82) is 0 Å². The zero-order valence-electron chi connectivity index (χ0n) is 21.3. The Hall–Kier alpha value is -4.25. The molecule has 3 aromatic heterocycles. The highest BCUT2D eigenvalue weighted by Crippen LogP contribution is 2.39. The van der Waals surface area contributed by atoms with Crippen molar-refractivity contribution in [2.45, 2.75) is 42.7 Å². The van der Waals surface area contributed by atoms with Crippen molar-refractivity contribution in [3.63, 3.8) is 0 Å². The summed E-state index contributed by atoms with van der Waals surface area (Å²) in [5.74, 6) is 0.305. The van der Waals surface area contributed by atoms with Crippen LogP contribution in [0.2, 0.25) is 0 Å². The Morgan fingerprint density at radius 2 is 1.87 bits per heavy atom. The molecule has 38 heavy (non-hydrogen) atoms. The molecule has 1 amide bonds. The van der Waals surface area contributed by atoms with Gasteiger partial charge in [-0.25, -0.2) is 23.4 Å². The van der Waals surface area contributed by atoms with Crippen LogP contribution in [0.15, 0.2) is 83.4 Å². The van der Waals surface area contributed by atoms with Gasteiger partial charge in [0.25, 0.3) is 5.91 Å². The molecule has 10 nitrogen and oxygen atoms in total. The molecule has 1 aliphatic heterocycles. The molecule has 1 atom stereocenters. The van der Waals surface area contributed by atoms with Crippen LogP contribution in [0.4, 0.5) is 5.82 Å². The van der Waals surface area contributed by atoms with Crippen LogP contribution in [-0.4, -0.2) is 45.9 Å². The molecule has 11 heteroatoms. The van der Waals surface area contributed by atoms with Gasteiger partial charge in [0.1, 0.15) is 17.1 Å². The Kier molecular flexibility index (Phi) is 6.39. The van der Waals surface area contributed by atoms with Gasteiger partial charge in [-0.05, 0) is 62.6 Å². The molecule has 5 rings (SSSR count). The van der Waals surface area contributed by atoms with E-state index in [4.69, 9.17) is 10.5 Å². The van der Waals surface area contributed by atoms with Crippen molar-refractivity contribution in [3.05, 3.63) is 79.0 Å². The molecule has 4 heterocycles. The highest BCUT2D eigenvalue weighted by Gasteiger charge is 2.40. The van der Waals surface area contributed by atoms with E-state index in [1.165, 1.54) is 24.4 Å². The van der Waals surface area contributed by atoms with Crippen molar-refractivity contribution >= 4 is 21.6 Å². The fourth-order valence-electron chi connectivity index (χ4n) is 4.99. The first kappa shape index (κ1) is 25.4. The number of hydrogen-bond donors (Lipinski definition) is 1. The smallest absolute Gasteiger partial charge is 0.253 e. The maximum absolute atomic E-state index is 13.8. The van der Waals surface area contributed by atoms with Crippen LogP contribution in [0.5, 0.6) is 11.6 Å². The van der Waals surface area contributed by atoms with Crippen LogP contribution < -0.4 is 15.4 Å². The molecule has 0 radical (unpaired) electrons. The molecule has 0 bridgehead atoms. The minimum Gasteiger partial charge on any atom is -0.439 e. The van der Waals surface area contributed by atoms with Gasteiger partial charge in [-0.3, -0.25) is 4.79 Å². The number of nitrogens with zero attached hydrogens (tertiary/aromatic N) is 5. The second kappa shape index (κ2) is 9.56. The lowest BCUT2D eigenvalue weighted by atomic mass is 9.97. The van der Waals surface area contributed by atoms with Crippen LogP contribution in [0.1, 0.15) is 37.6 Å². The monoisotopic (exact) mass is 532 g/mol. The molecule has 1 saturated heterocycles. The lowest BCUT2D eigenvalue weighted by Gasteiger charge is -2.33. The summed E-state index contributed by atoms with van der Waals surface area (Å²) in [7, 11) is -4.24.